The lowest BCUT2D eigenvalue weighted by atomic mass is 9.86. The molecule has 0 amide bonds. The van der Waals surface area contributed by atoms with Crippen LogP contribution in [-0.4, -0.2) is 9.97 Å². The fourth-order valence-electron chi connectivity index (χ4n) is 8.20. The molecule has 0 saturated heterocycles. The van der Waals surface area contributed by atoms with Crippen molar-refractivity contribution in [2.75, 3.05) is 4.90 Å². The molecule has 51 heavy (non-hydrogen) atoms. The lowest BCUT2D eigenvalue weighted by Crippen LogP contribution is -2.22. The first-order valence-electron chi connectivity index (χ1n) is 17.6. The van der Waals surface area contributed by atoms with E-state index in [1.54, 1.807) is 0 Å². The molecule has 1 aliphatic rings. The molecular weight excluding hydrogens is 619 g/mol. The number of fused-ring (bicyclic) bond motifs is 4. The van der Waals surface area contributed by atoms with Gasteiger partial charge in [0, 0.05) is 45.7 Å². The minimum Gasteiger partial charge on any atom is -0.333 e. The summed E-state index contributed by atoms with van der Waals surface area (Å²) in [7, 11) is 0. The monoisotopic (exact) mass is 651 g/mol. The highest BCUT2D eigenvalue weighted by molar-refractivity contribution is 6.24. The zero-order valence-electron chi connectivity index (χ0n) is 27.9. The number of pyridine rings is 2. The van der Waals surface area contributed by atoms with Gasteiger partial charge in [0.05, 0.1) is 17.4 Å². The molecule has 0 aliphatic carbocycles. The Morgan fingerprint density at radius 1 is 0.451 bits per heavy atom. The quantitative estimate of drug-likeness (QED) is 0.173. The lowest BCUT2D eigenvalue weighted by molar-refractivity contribution is 0.749. The zero-order chi connectivity index (χ0) is 33.7. The maximum Gasteiger partial charge on any atom is 0.0792 e. The normalized spacial score (nSPS) is 14.5. The van der Waals surface area contributed by atoms with Gasteiger partial charge >= 0.3 is 0 Å². The van der Waals surface area contributed by atoms with Gasteiger partial charge in [-0.1, -0.05) is 146 Å². The number of anilines is 1. The topological polar surface area (TPSA) is 29.0 Å². The molecule has 10 rings (SSSR count). The van der Waals surface area contributed by atoms with Crippen LogP contribution in [0, 0.1) is 0 Å². The van der Waals surface area contributed by atoms with Crippen molar-refractivity contribution in [3.05, 3.63) is 193 Å². The number of aromatic nitrogens is 2. The fourth-order valence-corrected chi connectivity index (χ4v) is 8.20. The molecule has 1 unspecified atom stereocenters. The predicted molar refractivity (Wildman–Crippen MR) is 214 cm³/mol. The summed E-state index contributed by atoms with van der Waals surface area (Å²) in [4.78, 5) is 12.8. The van der Waals surface area contributed by atoms with Crippen LogP contribution in [0.2, 0.25) is 0 Å². The number of benzene rings is 7. The average Bonchev–Trinajstić information content (AvgIpc) is 3.66. The first-order valence-corrected chi connectivity index (χ1v) is 17.6. The van der Waals surface area contributed by atoms with E-state index in [2.05, 4.69) is 175 Å². The third-order valence-corrected chi connectivity index (χ3v) is 10.5. The van der Waals surface area contributed by atoms with Gasteiger partial charge < -0.3 is 4.90 Å². The van der Waals surface area contributed by atoms with E-state index in [9.17, 15) is 0 Å². The van der Waals surface area contributed by atoms with Gasteiger partial charge in [0.2, 0.25) is 0 Å². The molecular formula is C48H33N3. The van der Waals surface area contributed by atoms with Crippen molar-refractivity contribution in [3.63, 3.8) is 0 Å². The van der Waals surface area contributed by atoms with Crippen molar-refractivity contribution in [1.82, 2.24) is 9.97 Å². The third kappa shape index (κ3) is 4.81. The van der Waals surface area contributed by atoms with E-state index >= 15 is 0 Å². The van der Waals surface area contributed by atoms with Crippen LogP contribution >= 0.6 is 0 Å². The highest BCUT2D eigenvalue weighted by atomic mass is 15.2. The van der Waals surface area contributed by atoms with E-state index in [0.29, 0.717) is 0 Å². The van der Waals surface area contributed by atoms with Crippen molar-refractivity contribution in [3.8, 4) is 22.5 Å². The number of hydrogen-bond donors (Lipinski definition) is 0. The zero-order valence-corrected chi connectivity index (χ0v) is 27.9. The number of rotatable bonds is 5. The second kappa shape index (κ2) is 12.1. The number of nitrogens with zero attached hydrogens (tertiary/aromatic N) is 3. The molecule has 1 atom stereocenters. The van der Waals surface area contributed by atoms with Crippen LogP contribution in [-0.2, 0) is 0 Å². The SMILES string of the molecule is C1=C(c2ccccc2)N(c2ccc3c(-c4nccc5ccccc45)c4ccccc4c(-c4nccc5ccccc45)c3c2)C(c2ccccc2)C1. The highest BCUT2D eigenvalue weighted by Gasteiger charge is 2.30. The van der Waals surface area contributed by atoms with Crippen LogP contribution in [0.4, 0.5) is 5.69 Å². The van der Waals surface area contributed by atoms with E-state index in [1.165, 1.54) is 33.0 Å². The Labute approximate surface area is 296 Å². The van der Waals surface area contributed by atoms with Gasteiger partial charge in [-0.15, -0.1) is 0 Å². The second-order valence-corrected chi connectivity index (χ2v) is 13.3. The van der Waals surface area contributed by atoms with Crippen molar-refractivity contribution < 1.29 is 0 Å². The second-order valence-electron chi connectivity index (χ2n) is 13.3. The molecule has 0 radical (unpaired) electrons. The summed E-state index contributed by atoms with van der Waals surface area (Å²) in [6, 6.07) is 59.1. The molecule has 3 nitrogen and oxygen atoms in total. The third-order valence-electron chi connectivity index (χ3n) is 10.5. The summed E-state index contributed by atoms with van der Waals surface area (Å²) in [6.45, 7) is 0. The van der Waals surface area contributed by atoms with Gasteiger partial charge in [0.25, 0.3) is 0 Å². The highest BCUT2D eigenvalue weighted by Crippen LogP contribution is 2.49. The predicted octanol–water partition coefficient (Wildman–Crippen LogP) is 12.4. The first-order chi connectivity index (χ1) is 25.3. The van der Waals surface area contributed by atoms with Crippen molar-refractivity contribution >= 4 is 54.5 Å². The average molecular weight is 652 g/mol. The van der Waals surface area contributed by atoms with Crippen LogP contribution in [0.3, 0.4) is 0 Å². The van der Waals surface area contributed by atoms with Gasteiger partial charge in [0.1, 0.15) is 0 Å². The smallest absolute Gasteiger partial charge is 0.0792 e. The minimum atomic E-state index is 0.164. The molecule has 0 N–H and O–H groups in total. The van der Waals surface area contributed by atoms with Crippen molar-refractivity contribution in [2.24, 2.45) is 0 Å². The summed E-state index contributed by atoms with van der Waals surface area (Å²) in [5, 5.41) is 9.28. The Morgan fingerprint density at radius 2 is 0.961 bits per heavy atom. The van der Waals surface area contributed by atoms with Crippen molar-refractivity contribution in [1.29, 1.82) is 0 Å². The fraction of sp³-hybridized carbons (Fsp3) is 0.0417. The Bertz CT molecular complexity index is 2780. The van der Waals surface area contributed by atoms with E-state index < -0.39 is 0 Å². The molecule has 0 fully saturated rings. The molecule has 3 heteroatoms. The van der Waals surface area contributed by atoms with Gasteiger partial charge in [-0.2, -0.15) is 0 Å². The molecule has 9 aromatic rings. The van der Waals surface area contributed by atoms with Crippen LogP contribution in [0.5, 0.6) is 0 Å². The maximum absolute atomic E-state index is 5.14. The van der Waals surface area contributed by atoms with Crippen LogP contribution in [0.25, 0.3) is 71.3 Å². The Hall–Kier alpha value is -6.58. The summed E-state index contributed by atoms with van der Waals surface area (Å²) in [6.07, 6.45) is 7.21. The minimum absolute atomic E-state index is 0.164. The molecule has 0 saturated carbocycles. The van der Waals surface area contributed by atoms with E-state index in [1.807, 2.05) is 12.4 Å². The Kier molecular flexibility index (Phi) is 6.95. The Morgan fingerprint density at radius 3 is 1.59 bits per heavy atom. The lowest BCUT2D eigenvalue weighted by Gasteiger charge is -2.31. The number of hydrogen-bond acceptors (Lipinski definition) is 3. The Balaban J connectivity index is 1.32. The van der Waals surface area contributed by atoms with Crippen LogP contribution in [0.1, 0.15) is 23.6 Å². The summed E-state index contributed by atoms with van der Waals surface area (Å²) in [5.74, 6) is 0. The van der Waals surface area contributed by atoms with Gasteiger partial charge in [-0.25, -0.2) is 0 Å². The van der Waals surface area contributed by atoms with Crippen LogP contribution < -0.4 is 4.90 Å². The molecule has 7 aromatic carbocycles. The first kappa shape index (κ1) is 29.3. The van der Waals surface area contributed by atoms with Gasteiger partial charge in [0.15, 0.2) is 0 Å². The molecule has 240 valence electrons. The maximum atomic E-state index is 5.14. The van der Waals surface area contributed by atoms with Crippen LogP contribution in [0.15, 0.2) is 182 Å². The standard InChI is InChI=1S/C48H33N3/c1-3-15-34(16-4-1)43-25-26-44(35-17-5-2-6-18-35)51(43)36-23-24-41-42(31-36)46(48-38-20-10-8-14-33(38)28-30-50-48)40-22-12-11-21-39(40)45(41)47-37-19-9-7-13-32(37)27-29-49-47/h1-25,27-31,44H,26H2. The van der Waals surface area contributed by atoms with E-state index in [0.717, 1.165) is 61.6 Å². The van der Waals surface area contributed by atoms with Crippen molar-refractivity contribution in [2.45, 2.75) is 12.5 Å². The molecule has 1 aliphatic heterocycles. The van der Waals surface area contributed by atoms with E-state index in [4.69, 9.17) is 9.97 Å². The molecule has 0 bridgehead atoms. The van der Waals surface area contributed by atoms with E-state index in [-0.39, 0.29) is 6.04 Å². The molecule has 0 spiro atoms. The summed E-state index contributed by atoms with van der Waals surface area (Å²) >= 11 is 0. The molecule has 2 aromatic heterocycles. The summed E-state index contributed by atoms with van der Waals surface area (Å²) < 4.78 is 0. The summed E-state index contributed by atoms with van der Waals surface area (Å²) in [5.41, 5.74) is 9.16. The largest absolute Gasteiger partial charge is 0.333 e. The van der Waals surface area contributed by atoms with Gasteiger partial charge in [-0.3, -0.25) is 9.97 Å². The van der Waals surface area contributed by atoms with Gasteiger partial charge in [-0.05, 0) is 74.1 Å². The molecule has 3 heterocycles.